The van der Waals surface area contributed by atoms with Gasteiger partial charge in [0.05, 0.1) is 12.2 Å². The third-order valence-corrected chi connectivity index (χ3v) is 2.81. The predicted octanol–water partition coefficient (Wildman–Crippen LogP) is 0.326. The van der Waals surface area contributed by atoms with E-state index in [1.165, 1.54) is 6.07 Å². The summed E-state index contributed by atoms with van der Waals surface area (Å²) < 4.78 is 5.03. The summed E-state index contributed by atoms with van der Waals surface area (Å²) in [6.07, 6.45) is 0. The fourth-order valence-corrected chi connectivity index (χ4v) is 1.82. The van der Waals surface area contributed by atoms with Crippen LogP contribution in [0, 0.1) is 0 Å². The number of morpholine rings is 1. The molecule has 96 valence electrons. The summed E-state index contributed by atoms with van der Waals surface area (Å²) in [7, 11) is 0. The molecule has 0 atom stereocenters. The highest BCUT2D eigenvalue weighted by atomic mass is 16.5. The van der Waals surface area contributed by atoms with Crippen molar-refractivity contribution in [3.63, 3.8) is 0 Å². The average molecular weight is 250 g/mol. The Morgan fingerprint density at radius 2 is 2.28 bits per heavy atom. The summed E-state index contributed by atoms with van der Waals surface area (Å²) in [5, 5.41) is 8.97. The van der Waals surface area contributed by atoms with E-state index in [1.807, 2.05) is 0 Å². The average Bonchev–Trinajstić information content (AvgIpc) is 2.34. The van der Waals surface area contributed by atoms with Crippen molar-refractivity contribution in [3.8, 4) is 0 Å². The van der Waals surface area contributed by atoms with E-state index >= 15 is 0 Å². The van der Waals surface area contributed by atoms with Gasteiger partial charge in [-0.05, 0) is 17.7 Å². The van der Waals surface area contributed by atoms with Gasteiger partial charge >= 0.3 is 5.97 Å². The van der Waals surface area contributed by atoms with Gasteiger partial charge in [-0.15, -0.1) is 0 Å². The molecule has 18 heavy (non-hydrogen) atoms. The van der Waals surface area contributed by atoms with Gasteiger partial charge in [0.15, 0.2) is 0 Å². The number of hydrogen-bond donors (Lipinski definition) is 2. The number of aromatic carboxylic acids is 1. The van der Waals surface area contributed by atoms with Gasteiger partial charge in [-0.3, -0.25) is 4.79 Å². The molecule has 1 saturated heterocycles. The first-order chi connectivity index (χ1) is 8.58. The van der Waals surface area contributed by atoms with Gasteiger partial charge in [0.25, 0.3) is 0 Å². The normalized spacial score (nSPS) is 15.8. The van der Waals surface area contributed by atoms with Crippen molar-refractivity contribution in [2.45, 2.75) is 6.54 Å². The van der Waals surface area contributed by atoms with Crippen molar-refractivity contribution in [3.05, 3.63) is 29.3 Å². The van der Waals surface area contributed by atoms with Crippen LogP contribution in [0.2, 0.25) is 0 Å². The summed E-state index contributed by atoms with van der Waals surface area (Å²) in [5.74, 6) is -1.15. The predicted molar refractivity (Wildman–Crippen MR) is 64.0 cm³/mol. The van der Waals surface area contributed by atoms with Gasteiger partial charge in [-0.2, -0.15) is 0 Å². The van der Waals surface area contributed by atoms with Gasteiger partial charge in [0.1, 0.15) is 6.61 Å². The van der Waals surface area contributed by atoms with E-state index in [-0.39, 0.29) is 23.8 Å². The smallest absolute Gasteiger partial charge is 0.337 e. The lowest BCUT2D eigenvalue weighted by Crippen LogP contribution is -2.40. The maximum atomic E-state index is 11.5. The standard InChI is InChI=1S/C12H14N2O4/c13-10-2-1-8(5-9(10)12(16)17)6-14-3-4-18-7-11(14)15/h1-2,5H,3-4,6-7,13H2,(H,16,17). The second-order valence-electron chi connectivity index (χ2n) is 4.09. The number of carboxylic acid groups (broad SMARTS) is 1. The van der Waals surface area contributed by atoms with Crippen LogP contribution in [0.4, 0.5) is 5.69 Å². The van der Waals surface area contributed by atoms with Crippen LogP contribution in [-0.2, 0) is 16.1 Å². The third kappa shape index (κ3) is 2.60. The molecule has 2 rings (SSSR count). The molecule has 1 amide bonds. The van der Waals surface area contributed by atoms with E-state index in [0.29, 0.717) is 19.7 Å². The van der Waals surface area contributed by atoms with E-state index < -0.39 is 5.97 Å². The van der Waals surface area contributed by atoms with Crippen LogP contribution in [0.25, 0.3) is 0 Å². The Hall–Kier alpha value is -2.08. The zero-order chi connectivity index (χ0) is 13.1. The molecule has 0 bridgehead atoms. The second kappa shape index (κ2) is 5.05. The molecule has 0 aliphatic carbocycles. The number of carbonyl (C=O) groups excluding carboxylic acids is 1. The Morgan fingerprint density at radius 3 is 2.94 bits per heavy atom. The minimum Gasteiger partial charge on any atom is -0.478 e. The fourth-order valence-electron chi connectivity index (χ4n) is 1.82. The molecule has 0 unspecified atom stereocenters. The molecule has 1 aromatic rings. The quantitative estimate of drug-likeness (QED) is 0.754. The lowest BCUT2D eigenvalue weighted by Gasteiger charge is -2.26. The van der Waals surface area contributed by atoms with Crippen molar-refractivity contribution in [1.29, 1.82) is 0 Å². The molecular formula is C12H14N2O4. The highest BCUT2D eigenvalue weighted by Crippen LogP contribution is 2.16. The topological polar surface area (TPSA) is 92.9 Å². The molecule has 1 heterocycles. The largest absolute Gasteiger partial charge is 0.478 e. The van der Waals surface area contributed by atoms with Crippen LogP contribution < -0.4 is 5.73 Å². The number of carboxylic acids is 1. The van der Waals surface area contributed by atoms with Gasteiger partial charge in [0, 0.05) is 18.8 Å². The third-order valence-electron chi connectivity index (χ3n) is 2.81. The van der Waals surface area contributed by atoms with Gasteiger partial charge in [-0.25, -0.2) is 4.79 Å². The van der Waals surface area contributed by atoms with Crippen molar-refractivity contribution >= 4 is 17.6 Å². The maximum Gasteiger partial charge on any atom is 0.337 e. The number of nitrogens with zero attached hydrogens (tertiary/aromatic N) is 1. The van der Waals surface area contributed by atoms with Crippen LogP contribution in [0.1, 0.15) is 15.9 Å². The van der Waals surface area contributed by atoms with Crippen molar-refractivity contribution in [2.24, 2.45) is 0 Å². The number of carbonyl (C=O) groups is 2. The summed E-state index contributed by atoms with van der Waals surface area (Å²) in [5.41, 5.74) is 6.60. The second-order valence-corrected chi connectivity index (χ2v) is 4.09. The molecule has 6 nitrogen and oxygen atoms in total. The van der Waals surface area contributed by atoms with Crippen LogP contribution in [-0.4, -0.2) is 41.6 Å². The monoisotopic (exact) mass is 250 g/mol. The zero-order valence-corrected chi connectivity index (χ0v) is 9.76. The minimum atomic E-state index is -1.07. The van der Waals surface area contributed by atoms with E-state index in [0.717, 1.165) is 5.56 Å². The SMILES string of the molecule is Nc1ccc(CN2CCOCC2=O)cc1C(=O)O. The molecule has 6 heteroatoms. The minimum absolute atomic E-state index is 0.0632. The number of benzene rings is 1. The molecular weight excluding hydrogens is 236 g/mol. The number of ether oxygens (including phenoxy) is 1. The molecule has 1 aliphatic heterocycles. The van der Waals surface area contributed by atoms with Crippen molar-refractivity contribution in [2.75, 3.05) is 25.5 Å². The van der Waals surface area contributed by atoms with Gasteiger partial charge in [0.2, 0.25) is 5.91 Å². The van der Waals surface area contributed by atoms with Crippen molar-refractivity contribution < 1.29 is 19.4 Å². The lowest BCUT2D eigenvalue weighted by molar-refractivity contribution is -0.143. The number of hydrogen-bond acceptors (Lipinski definition) is 4. The Morgan fingerprint density at radius 1 is 1.50 bits per heavy atom. The Balaban J connectivity index is 2.16. The van der Waals surface area contributed by atoms with E-state index in [9.17, 15) is 9.59 Å². The summed E-state index contributed by atoms with van der Waals surface area (Å²) >= 11 is 0. The Labute approximate surface area is 104 Å². The molecule has 0 spiro atoms. The first-order valence-electron chi connectivity index (χ1n) is 5.55. The molecule has 0 aromatic heterocycles. The lowest BCUT2D eigenvalue weighted by atomic mass is 10.1. The Kier molecular flexibility index (Phi) is 3.47. The summed E-state index contributed by atoms with van der Waals surface area (Å²) in [4.78, 5) is 24.1. The van der Waals surface area contributed by atoms with Crippen LogP contribution in [0.5, 0.6) is 0 Å². The molecule has 3 N–H and O–H groups in total. The highest BCUT2D eigenvalue weighted by Gasteiger charge is 2.19. The van der Waals surface area contributed by atoms with Crippen molar-refractivity contribution in [1.82, 2.24) is 4.90 Å². The van der Waals surface area contributed by atoms with Crippen LogP contribution >= 0.6 is 0 Å². The number of nitrogen functional groups attached to an aromatic ring is 1. The van der Waals surface area contributed by atoms with E-state index in [2.05, 4.69) is 0 Å². The molecule has 1 fully saturated rings. The highest BCUT2D eigenvalue weighted by molar-refractivity contribution is 5.93. The zero-order valence-electron chi connectivity index (χ0n) is 9.76. The molecule has 1 aromatic carbocycles. The maximum absolute atomic E-state index is 11.5. The van der Waals surface area contributed by atoms with Crippen LogP contribution in [0.3, 0.4) is 0 Å². The first kappa shape index (κ1) is 12.4. The van der Waals surface area contributed by atoms with Gasteiger partial charge in [-0.1, -0.05) is 6.07 Å². The molecule has 0 saturated carbocycles. The number of nitrogens with two attached hydrogens (primary N) is 1. The Bertz CT molecular complexity index is 487. The van der Waals surface area contributed by atoms with Crippen LogP contribution in [0.15, 0.2) is 18.2 Å². The molecule has 0 radical (unpaired) electrons. The molecule has 1 aliphatic rings. The number of amides is 1. The summed E-state index contributed by atoms with van der Waals surface area (Å²) in [6, 6.07) is 4.77. The fraction of sp³-hybridized carbons (Fsp3) is 0.333. The summed E-state index contributed by atoms with van der Waals surface area (Å²) in [6.45, 7) is 1.49. The number of rotatable bonds is 3. The first-order valence-corrected chi connectivity index (χ1v) is 5.55. The van der Waals surface area contributed by atoms with E-state index in [4.69, 9.17) is 15.6 Å². The number of anilines is 1. The van der Waals surface area contributed by atoms with Gasteiger partial charge < -0.3 is 20.5 Å². The van der Waals surface area contributed by atoms with E-state index in [1.54, 1.807) is 17.0 Å².